The van der Waals surface area contributed by atoms with E-state index in [2.05, 4.69) is 49.8 Å². The largest absolute Gasteiger partial charge is 0.344 e. The van der Waals surface area contributed by atoms with Crippen molar-refractivity contribution in [2.24, 2.45) is 5.92 Å². The summed E-state index contributed by atoms with van der Waals surface area (Å²) < 4.78 is 0.925. The normalized spacial score (nSPS) is 18.3. The molecule has 0 N–H and O–H groups in total. The van der Waals surface area contributed by atoms with Gasteiger partial charge >= 0.3 is 0 Å². The highest BCUT2D eigenvalue weighted by Gasteiger charge is 2.18. The van der Waals surface area contributed by atoms with Crippen LogP contribution in [-0.4, -0.2) is 48.6 Å². The Labute approximate surface area is 111 Å². The van der Waals surface area contributed by atoms with Crippen LogP contribution in [-0.2, 0) is 0 Å². The van der Waals surface area contributed by atoms with E-state index in [0.717, 1.165) is 22.9 Å². The second kappa shape index (κ2) is 5.78. The summed E-state index contributed by atoms with van der Waals surface area (Å²) in [6.07, 6.45) is 6.15. The fourth-order valence-electron chi connectivity index (χ4n) is 2.22. The van der Waals surface area contributed by atoms with E-state index in [1.54, 1.807) is 12.4 Å². The van der Waals surface area contributed by atoms with Gasteiger partial charge in [0.15, 0.2) is 0 Å². The van der Waals surface area contributed by atoms with Crippen molar-refractivity contribution in [3.63, 3.8) is 0 Å². The van der Waals surface area contributed by atoms with Crippen LogP contribution < -0.4 is 4.90 Å². The molecule has 0 bridgehead atoms. The van der Waals surface area contributed by atoms with Gasteiger partial charge in [-0.1, -0.05) is 0 Å². The number of anilines is 1. The number of aromatic nitrogens is 2. The van der Waals surface area contributed by atoms with Crippen LogP contribution in [0.4, 0.5) is 5.95 Å². The molecule has 0 atom stereocenters. The molecule has 2 heterocycles. The molecular weight excluding hydrogens is 280 g/mol. The molecule has 0 unspecified atom stereocenters. The zero-order valence-electron chi connectivity index (χ0n) is 10.4. The molecule has 0 aromatic carbocycles. The van der Waals surface area contributed by atoms with Crippen molar-refractivity contribution in [3.8, 4) is 0 Å². The Kier molecular flexibility index (Phi) is 4.34. The van der Waals surface area contributed by atoms with Crippen LogP contribution in [0.25, 0.3) is 0 Å². The molecule has 17 heavy (non-hydrogen) atoms. The van der Waals surface area contributed by atoms with Crippen LogP contribution in [0, 0.1) is 5.92 Å². The number of piperidine rings is 1. The quantitative estimate of drug-likeness (QED) is 0.855. The Balaban J connectivity index is 1.88. The van der Waals surface area contributed by atoms with Gasteiger partial charge < -0.3 is 9.80 Å². The van der Waals surface area contributed by atoms with E-state index < -0.39 is 0 Å². The fourth-order valence-corrected chi connectivity index (χ4v) is 2.42. The monoisotopic (exact) mass is 298 g/mol. The SMILES string of the molecule is CN1CCC(CN(C)c2ncc(Br)cn2)CC1. The lowest BCUT2D eigenvalue weighted by Gasteiger charge is -2.31. The van der Waals surface area contributed by atoms with Crippen LogP contribution >= 0.6 is 15.9 Å². The number of rotatable bonds is 3. The van der Waals surface area contributed by atoms with Gasteiger partial charge in [0.1, 0.15) is 0 Å². The maximum atomic E-state index is 4.32. The van der Waals surface area contributed by atoms with Crippen LogP contribution in [0.3, 0.4) is 0 Å². The zero-order valence-corrected chi connectivity index (χ0v) is 12.0. The Morgan fingerprint density at radius 2 is 1.94 bits per heavy atom. The van der Waals surface area contributed by atoms with Gasteiger partial charge in [0.2, 0.25) is 5.95 Å². The summed E-state index contributed by atoms with van der Waals surface area (Å²) in [5.74, 6) is 1.58. The van der Waals surface area contributed by atoms with Crippen molar-refractivity contribution in [3.05, 3.63) is 16.9 Å². The third kappa shape index (κ3) is 3.64. The van der Waals surface area contributed by atoms with Gasteiger partial charge in [-0.3, -0.25) is 0 Å². The molecule has 0 spiro atoms. The van der Waals surface area contributed by atoms with Crippen LogP contribution in [0.2, 0.25) is 0 Å². The first-order valence-electron chi connectivity index (χ1n) is 6.02. The van der Waals surface area contributed by atoms with E-state index in [1.165, 1.54) is 25.9 Å². The first kappa shape index (κ1) is 12.8. The molecule has 94 valence electrons. The predicted molar refractivity (Wildman–Crippen MR) is 73.2 cm³/mol. The minimum atomic E-state index is 0.767. The molecule has 1 aromatic rings. The van der Waals surface area contributed by atoms with Crippen molar-refractivity contribution in [2.45, 2.75) is 12.8 Å². The lowest BCUT2D eigenvalue weighted by molar-refractivity contribution is 0.222. The van der Waals surface area contributed by atoms with Crippen LogP contribution in [0.15, 0.2) is 16.9 Å². The lowest BCUT2D eigenvalue weighted by Crippen LogP contribution is -2.36. The first-order chi connectivity index (χ1) is 8.15. The summed E-state index contributed by atoms with van der Waals surface area (Å²) in [6.45, 7) is 3.47. The minimum absolute atomic E-state index is 0.767. The van der Waals surface area contributed by atoms with Crippen molar-refractivity contribution < 1.29 is 0 Å². The Bertz CT molecular complexity index is 346. The topological polar surface area (TPSA) is 32.3 Å². The van der Waals surface area contributed by atoms with Gasteiger partial charge in [0, 0.05) is 26.0 Å². The molecular formula is C12H19BrN4. The second-order valence-electron chi connectivity index (χ2n) is 4.83. The van der Waals surface area contributed by atoms with Crippen LogP contribution in [0.5, 0.6) is 0 Å². The molecule has 0 amide bonds. The lowest BCUT2D eigenvalue weighted by atomic mass is 9.97. The van der Waals surface area contributed by atoms with Crippen molar-refractivity contribution in [2.75, 3.05) is 38.6 Å². The number of halogens is 1. The van der Waals surface area contributed by atoms with E-state index >= 15 is 0 Å². The highest BCUT2D eigenvalue weighted by atomic mass is 79.9. The van der Waals surface area contributed by atoms with E-state index in [9.17, 15) is 0 Å². The smallest absolute Gasteiger partial charge is 0.225 e. The zero-order chi connectivity index (χ0) is 12.3. The highest BCUT2D eigenvalue weighted by Crippen LogP contribution is 2.18. The van der Waals surface area contributed by atoms with Crippen molar-refractivity contribution >= 4 is 21.9 Å². The van der Waals surface area contributed by atoms with Crippen molar-refractivity contribution in [1.29, 1.82) is 0 Å². The maximum absolute atomic E-state index is 4.32. The third-order valence-electron chi connectivity index (χ3n) is 3.32. The molecule has 0 radical (unpaired) electrons. The Morgan fingerprint density at radius 1 is 1.35 bits per heavy atom. The number of hydrogen-bond donors (Lipinski definition) is 0. The summed E-state index contributed by atoms with van der Waals surface area (Å²) in [5, 5.41) is 0. The van der Waals surface area contributed by atoms with Gasteiger partial charge in [0.05, 0.1) is 4.47 Å². The molecule has 1 fully saturated rings. The van der Waals surface area contributed by atoms with Gasteiger partial charge in [-0.2, -0.15) is 0 Å². The molecule has 5 heteroatoms. The molecule has 1 aliphatic heterocycles. The number of nitrogens with zero attached hydrogens (tertiary/aromatic N) is 4. The van der Waals surface area contributed by atoms with E-state index in [-0.39, 0.29) is 0 Å². The second-order valence-corrected chi connectivity index (χ2v) is 5.74. The average molecular weight is 299 g/mol. The third-order valence-corrected chi connectivity index (χ3v) is 3.73. The molecule has 4 nitrogen and oxygen atoms in total. The molecule has 0 aliphatic carbocycles. The van der Waals surface area contributed by atoms with Gasteiger partial charge in [0.25, 0.3) is 0 Å². The minimum Gasteiger partial charge on any atom is -0.344 e. The number of hydrogen-bond acceptors (Lipinski definition) is 4. The summed E-state index contributed by atoms with van der Waals surface area (Å²) in [4.78, 5) is 13.2. The molecule has 0 saturated carbocycles. The molecule has 1 aromatic heterocycles. The summed E-state index contributed by atoms with van der Waals surface area (Å²) in [6, 6.07) is 0. The average Bonchev–Trinajstić information content (AvgIpc) is 2.33. The van der Waals surface area contributed by atoms with Gasteiger partial charge in [-0.05, 0) is 54.8 Å². The standard InChI is InChI=1S/C12H19BrN4/c1-16-5-3-10(4-6-16)9-17(2)12-14-7-11(13)8-15-12/h7-8,10H,3-6,9H2,1-2H3. The predicted octanol–water partition coefficient (Wildman–Crippen LogP) is 2.02. The van der Waals surface area contributed by atoms with E-state index in [4.69, 9.17) is 0 Å². The maximum Gasteiger partial charge on any atom is 0.225 e. The summed E-state index contributed by atoms with van der Waals surface area (Å²) in [7, 11) is 4.26. The Morgan fingerprint density at radius 3 is 2.53 bits per heavy atom. The summed E-state index contributed by atoms with van der Waals surface area (Å²) in [5.41, 5.74) is 0. The highest BCUT2D eigenvalue weighted by molar-refractivity contribution is 9.10. The van der Waals surface area contributed by atoms with E-state index in [0.29, 0.717) is 0 Å². The summed E-state index contributed by atoms with van der Waals surface area (Å²) >= 11 is 3.35. The van der Waals surface area contributed by atoms with Crippen molar-refractivity contribution in [1.82, 2.24) is 14.9 Å². The van der Waals surface area contributed by atoms with Gasteiger partial charge in [-0.15, -0.1) is 0 Å². The number of likely N-dealkylation sites (tertiary alicyclic amines) is 1. The Hall–Kier alpha value is -0.680. The van der Waals surface area contributed by atoms with Gasteiger partial charge in [-0.25, -0.2) is 9.97 Å². The molecule has 2 rings (SSSR count). The molecule has 1 aliphatic rings. The fraction of sp³-hybridized carbons (Fsp3) is 0.667. The first-order valence-corrected chi connectivity index (χ1v) is 6.81. The van der Waals surface area contributed by atoms with Crippen LogP contribution in [0.1, 0.15) is 12.8 Å². The molecule has 1 saturated heterocycles. The van der Waals surface area contributed by atoms with E-state index in [1.807, 2.05) is 0 Å².